The van der Waals surface area contributed by atoms with Crippen LogP contribution in [0.3, 0.4) is 0 Å². The average molecular weight is 331 g/mol. The van der Waals surface area contributed by atoms with Crippen LogP contribution in [-0.2, 0) is 6.61 Å². The van der Waals surface area contributed by atoms with Crippen LogP contribution in [-0.4, -0.2) is 14.8 Å². The number of aromatic nitrogens is 3. The van der Waals surface area contributed by atoms with Crippen LogP contribution in [0.4, 0.5) is 8.78 Å². The Morgan fingerprint density at radius 1 is 1.21 bits per heavy atom. The summed E-state index contributed by atoms with van der Waals surface area (Å²) in [5.41, 5.74) is 2.01. The third kappa shape index (κ3) is 3.05. The van der Waals surface area contributed by atoms with Gasteiger partial charge in [0, 0.05) is 29.5 Å². The minimum Gasteiger partial charge on any atom is -0.489 e. The van der Waals surface area contributed by atoms with E-state index in [1.807, 2.05) is 6.92 Å². The second kappa shape index (κ2) is 6.27. The van der Waals surface area contributed by atoms with Gasteiger partial charge in [-0.15, -0.1) is 0 Å². The summed E-state index contributed by atoms with van der Waals surface area (Å²) in [6, 6.07) is 6.26. The minimum absolute atomic E-state index is 0.0975. The van der Waals surface area contributed by atoms with Gasteiger partial charge < -0.3 is 4.74 Å². The Labute approximate surface area is 136 Å². The van der Waals surface area contributed by atoms with Gasteiger partial charge in [0.25, 0.3) is 5.56 Å². The number of benzene rings is 1. The van der Waals surface area contributed by atoms with Gasteiger partial charge in [0.1, 0.15) is 24.0 Å². The summed E-state index contributed by atoms with van der Waals surface area (Å²) < 4.78 is 33.5. The van der Waals surface area contributed by atoms with Crippen molar-refractivity contribution in [2.24, 2.45) is 0 Å². The molecule has 2 heterocycles. The molecule has 0 aliphatic heterocycles. The molecular formula is C17H15F2N3O2. The summed E-state index contributed by atoms with van der Waals surface area (Å²) in [6.07, 6.45) is 1.57. The molecule has 1 N–H and O–H groups in total. The third-order valence-corrected chi connectivity index (χ3v) is 3.64. The molecule has 0 radical (unpaired) electrons. The molecule has 24 heavy (non-hydrogen) atoms. The highest BCUT2D eigenvalue weighted by Crippen LogP contribution is 2.18. The fourth-order valence-electron chi connectivity index (χ4n) is 2.43. The smallest absolute Gasteiger partial charge is 0.259 e. The molecule has 0 fully saturated rings. The molecule has 7 heteroatoms. The lowest BCUT2D eigenvalue weighted by Crippen LogP contribution is -2.20. The summed E-state index contributed by atoms with van der Waals surface area (Å²) in [5.74, 6) is -1.02. The number of nitrogens with one attached hydrogen (secondary N) is 1. The van der Waals surface area contributed by atoms with Gasteiger partial charge in [0.15, 0.2) is 0 Å². The maximum absolute atomic E-state index is 13.6. The molecule has 0 aliphatic rings. The lowest BCUT2D eigenvalue weighted by atomic mass is 10.2. The first-order valence-corrected chi connectivity index (χ1v) is 7.26. The number of hydrogen-bond acceptors (Lipinski definition) is 3. The highest BCUT2D eigenvalue weighted by molar-refractivity contribution is 5.38. The molecule has 2 aromatic heterocycles. The first kappa shape index (κ1) is 15.9. The zero-order chi connectivity index (χ0) is 17.3. The van der Waals surface area contributed by atoms with Crippen molar-refractivity contribution in [3.63, 3.8) is 0 Å². The average Bonchev–Trinajstić information content (AvgIpc) is 2.92. The number of pyridine rings is 1. The normalized spacial score (nSPS) is 10.8. The number of aromatic amines is 1. The second-order valence-corrected chi connectivity index (χ2v) is 5.41. The van der Waals surface area contributed by atoms with E-state index in [0.717, 1.165) is 17.8 Å². The zero-order valence-electron chi connectivity index (χ0n) is 13.1. The Morgan fingerprint density at radius 3 is 2.62 bits per heavy atom. The highest BCUT2D eigenvalue weighted by Gasteiger charge is 2.11. The van der Waals surface area contributed by atoms with E-state index in [1.54, 1.807) is 19.2 Å². The predicted octanol–water partition coefficient (Wildman–Crippen LogP) is 3.03. The van der Waals surface area contributed by atoms with Gasteiger partial charge in [-0.1, -0.05) is 0 Å². The van der Waals surface area contributed by atoms with E-state index in [-0.39, 0.29) is 17.7 Å². The van der Waals surface area contributed by atoms with E-state index in [0.29, 0.717) is 17.1 Å². The van der Waals surface area contributed by atoms with Gasteiger partial charge in [0.2, 0.25) is 0 Å². The first-order chi connectivity index (χ1) is 11.5. The monoisotopic (exact) mass is 331 g/mol. The van der Waals surface area contributed by atoms with Crippen molar-refractivity contribution in [3.05, 3.63) is 75.5 Å². The molecule has 3 aromatic rings. The Balaban J connectivity index is 1.86. The van der Waals surface area contributed by atoms with Gasteiger partial charge in [-0.05, 0) is 26.0 Å². The van der Waals surface area contributed by atoms with Crippen LogP contribution < -0.4 is 10.3 Å². The Bertz CT molecular complexity index is 947. The highest BCUT2D eigenvalue weighted by atomic mass is 19.1. The van der Waals surface area contributed by atoms with E-state index in [1.165, 1.54) is 16.7 Å². The molecule has 0 saturated heterocycles. The zero-order valence-corrected chi connectivity index (χ0v) is 13.1. The molecule has 5 nitrogen and oxygen atoms in total. The van der Waals surface area contributed by atoms with Crippen molar-refractivity contribution in [2.45, 2.75) is 20.5 Å². The van der Waals surface area contributed by atoms with Crippen LogP contribution in [0, 0.1) is 25.5 Å². The van der Waals surface area contributed by atoms with Gasteiger partial charge in [-0.3, -0.25) is 14.5 Å². The quantitative estimate of drug-likeness (QED) is 0.799. The van der Waals surface area contributed by atoms with Crippen LogP contribution in [0.5, 0.6) is 5.75 Å². The molecule has 3 rings (SSSR count). The van der Waals surface area contributed by atoms with Crippen molar-refractivity contribution in [1.29, 1.82) is 0 Å². The fourth-order valence-corrected chi connectivity index (χ4v) is 2.43. The summed E-state index contributed by atoms with van der Waals surface area (Å²) in [5, 5.41) is 6.69. The molecule has 0 amide bonds. The summed E-state index contributed by atoms with van der Waals surface area (Å²) in [6.45, 7) is 3.48. The van der Waals surface area contributed by atoms with Crippen LogP contribution in [0.15, 0.2) is 41.3 Å². The SMILES string of the molecule is Cc1[nH]ncc1-n1c(C)cc(OCc2ccc(F)cc2F)cc1=O. The fraction of sp³-hybridized carbons (Fsp3) is 0.176. The summed E-state index contributed by atoms with van der Waals surface area (Å²) in [4.78, 5) is 12.4. The van der Waals surface area contributed by atoms with Gasteiger partial charge in [-0.25, -0.2) is 8.78 Å². The topological polar surface area (TPSA) is 59.9 Å². The molecule has 1 aromatic carbocycles. The van der Waals surface area contributed by atoms with E-state index in [2.05, 4.69) is 10.2 Å². The lowest BCUT2D eigenvalue weighted by Gasteiger charge is -2.12. The number of rotatable bonds is 4. The van der Waals surface area contributed by atoms with E-state index >= 15 is 0 Å². The predicted molar refractivity (Wildman–Crippen MR) is 84.3 cm³/mol. The Kier molecular flexibility index (Phi) is 4.16. The number of ether oxygens (including phenoxy) is 1. The standard InChI is InChI=1S/C17H15F2N3O2/c1-10-5-14(24-9-12-3-4-13(18)6-15(12)19)7-17(23)22(10)16-8-20-21-11(16)2/h3-8H,9H2,1-2H3,(H,20,21). The van der Waals surface area contributed by atoms with E-state index < -0.39 is 11.6 Å². The number of halogens is 2. The third-order valence-electron chi connectivity index (χ3n) is 3.64. The molecule has 0 unspecified atom stereocenters. The molecule has 0 aliphatic carbocycles. The number of hydrogen-bond donors (Lipinski definition) is 1. The largest absolute Gasteiger partial charge is 0.489 e. The van der Waals surface area contributed by atoms with Crippen molar-refractivity contribution in [1.82, 2.24) is 14.8 Å². The number of nitrogens with zero attached hydrogens (tertiary/aromatic N) is 2. The van der Waals surface area contributed by atoms with Gasteiger partial charge in [0.05, 0.1) is 17.6 Å². The molecular weight excluding hydrogens is 316 g/mol. The number of H-pyrrole nitrogens is 1. The van der Waals surface area contributed by atoms with Gasteiger partial charge in [-0.2, -0.15) is 5.10 Å². The maximum Gasteiger partial charge on any atom is 0.259 e. The van der Waals surface area contributed by atoms with Crippen molar-refractivity contribution in [3.8, 4) is 11.4 Å². The number of aryl methyl sites for hydroxylation is 2. The van der Waals surface area contributed by atoms with E-state index in [4.69, 9.17) is 4.74 Å². The molecule has 0 bridgehead atoms. The Hall–Kier alpha value is -2.96. The molecule has 124 valence electrons. The Morgan fingerprint density at radius 2 is 2.00 bits per heavy atom. The maximum atomic E-state index is 13.6. The van der Waals surface area contributed by atoms with Crippen molar-refractivity contribution >= 4 is 0 Å². The van der Waals surface area contributed by atoms with Gasteiger partial charge >= 0.3 is 0 Å². The van der Waals surface area contributed by atoms with Crippen LogP contribution >= 0.6 is 0 Å². The summed E-state index contributed by atoms with van der Waals surface area (Å²) >= 11 is 0. The van der Waals surface area contributed by atoms with Crippen LogP contribution in [0.25, 0.3) is 5.69 Å². The van der Waals surface area contributed by atoms with Crippen molar-refractivity contribution < 1.29 is 13.5 Å². The van der Waals surface area contributed by atoms with Crippen LogP contribution in [0.1, 0.15) is 17.0 Å². The van der Waals surface area contributed by atoms with Crippen molar-refractivity contribution in [2.75, 3.05) is 0 Å². The van der Waals surface area contributed by atoms with E-state index in [9.17, 15) is 13.6 Å². The molecule has 0 saturated carbocycles. The second-order valence-electron chi connectivity index (χ2n) is 5.41. The minimum atomic E-state index is -0.686. The first-order valence-electron chi connectivity index (χ1n) is 7.26. The molecule has 0 spiro atoms. The van der Waals surface area contributed by atoms with Crippen LogP contribution in [0.2, 0.25) is 0 Å². The molecule has 0 atom stereocenters. The summed E-state index contributed by atoms with van der Waals surface area (Å²) in [7, 11) is 0. The lowest BCUT2D eigenvalue weighted by molar-refractivity contribution is 0.298.